The number of pyridine rings is 2. The summed E-state index contributed by atoms with van der Waals surface area (Å²) in [5, 5.41) is 7.56. The predicted molar refractivity (Wildman–Crippen MR) is 132 cm³/mol. The molecular formula is C25H24F3N7O. The Labute approximate surface area is 205 Å². The van der Waals surface area contributed by atoms with Gasteiger partial charge in [-0.2, -0.15) is 13.2 Å². The highest BCUT2D eigenvalue weighted by Crippen LogP contribution is 2.27. The number of hydrogen-bond donors (Lipinski definition) is 3. The maximum Gasteiger partial charge on any atom is 0.405 e. The van der Waals surface area contributed by atoms with Gasteiger partial charge in [0.25, 0.3) is 0 Å². The van der Waals surface area contributed by atoms with E-state index in [1.165, 1.54) is 0 Å². The highest BCUT2D eigenvalue weighted by atomic mass is 19.4. The molecule has 0 saturated carbocycles. The number of urea groups is 1. The Bertz CT molecular complexity index is 1360. The van der Waals surface area contributed by atoms with Crippen LogP contribution in [-0.4, -0.2) is 59.3 Å². The van der Waals surface area contributed by atoms with Crippen LogP contribution in [0.4, 0.5) is 29.5 Å². The molecule has 0 aliphatic carbocycles. The molecule has 0 unspecified atom stereocenters. The fraction of sp³-hybridized carbons (Fsp3) is 0.240. The molecule has 1 fully saturated rings. The van der Waals surface area contributed by atoms with Crippen LogP contribution < -0.4 is 20.9 Å². The summed E-state index contributed by atoms with van der Waals surface area (Å²) in [6.45, 7) is 2.37. The van der Waals surface area contributed by atoms with Crippen LogP contribution in [0.25, 0.3) is 28.0 Å². The summed E-state index contributed by atoms with van der Waals surface area (Å²) in [6.07, 6.45) is 1.02. The molecule has 4 heterocycles. The minimum Gasteiger partial charge on any atom is -0.354 e. The van der Waals surface area contributed by atoms with E-state index >= 15 is 0 Å². The van der Waals surface area contributed by atoms with Crippen molar-refractivity contribution in [1.82, 2.24) is 25.0 Å². The summed E-state index contributed by atoms with van der Waals surface area (Å²) in [7, 11) is 0. The number of rotatable bonds is 5. The van der Waals surface area contributed by atoms with Crippen molar-refractivity contribution in [2.45, 2.75) is 6.18 Å². The molecule has 11 heteroatoms. The van der Waals surface area contributed by atoms with Crippen molar-refractivity contribution in [3.63, 3.8) is 0 Å². The standard InChI is InChI=1S/C25H24F3N7O/c26-25(27,28)16-32-24(36)33-20-3-1-2-18(12-20)21-15-31-23-13-17(6-9-35(21)23)19-4-5-22(30-14-19)34-10-7-29-8-11-34/h1-6,9,12-15,29H,7-8,10-11,16H2,(H2,32,33,36). The third kappa shape index (κ3) is 5.41. The highest BCUT2D eigenvalue weighted by Gasteiger charge is 2.27. The number of anilines is 2. The van der Waals surface area contributed by atoms with Gasteiger partial charge in [-0.25, -0.2) is 14.8 Å². The lowest BCUT2D eigenvalue weighted by molar-refractivity contribution is -0.122. The molecule has 4 aromatic rings. The lowest BCUT2D eigenvalue weighted by Crippen LogP contribution is -2.43. The molecule has 36 heavy (non-hydrogen) atoms. The number of imidazole rings is 1. The normalized spacial score (nSPS) is 14.1. The monoisotopic (exact) mass is 495 g/mol. The quantitative estimate of drug-likeness (QED) is 0.387. The van der Waals surface area contributed by atoms with Gasteiger partial charge in [0.2, 0.25) is 0 Å². The van der Waals surface area contributed by atoms with Crippen molar-refractivity contribution in [3.05, 3.63) is 67.1 Å². The summed E-state index contributed by atoms with van der Waals surface area (Å²) < 4.78 is 38.9. The zero-order chi connectivity index (χ0) is 25.1. The Morgan fingerprint density at radius 1 is 0.972 bits per heavy atom. The van der Waals surface area contributed by atoms with Crippen molar-refractivity contribution in [2.24, 2.45) is 0 Å². The van der Waals surface area contributed by atoms with Crippen LogP contribution in [0.5, 0.6) is 0 Å². The van der Waals surface area contributed by atoms with Gasteiger partial charge < -0.3 is 20.9 Å². The van der Waals surface area contributed by atoms with E-state index in [0.717, 1.165) is 60.0 Å². The predicted octanol–water partition coefficient (Wildman–Crippen LogP) is 4.16. The molecule has 0 spiro atoms. The number of carbonyl (C=O) groups is 1. The van der Waals surface area contributed by atoms with E-state index in [9.17, 15) is 18.0 Å². The molecule has 3 aromatic heterocycles. The molecule has 1 aliphatic heterocycles. The number of aromatic nitrogens is 3. The second-order valence-corrected chi connectivity index (χ2v) is 8.43. The van der Waals surface area contributed by atoms with Crippen molar-refractivity contribution >= 4 is 23.2 Å². The fourth-order valence-electron chi connectivity index (χ4n) is 4.12. The minimum absolute atomic E-state index is 0.370. The Morgan fingerprint density at radius 3 is 2.56 bits per heavy atom. The van der Waals surface area contributed by atoms with Crippen molar-refractivity contribution in [2.75, 3.05) is 42.9 Å². The molecule has 0 bridgehead atoms. The number of alkyl halides is 3. The molecule has 186 valence electrons. The molecule has 0 radical (unpaired) electrons. The second-order valence-electron chi connectivity index (χ2n) is 8.43. The van der Waals surface area contributed by atoms with Crippen LogP contribution in [0.15, 0.2) is 67.1 Å². The number of piperazine rings is 1. The van der Waals surface area contributed by atoms with E-state index in [1.54, 1.807) is 29.7 Å². The maximum absolute atomic E-state index is 12.3. The Kier molecular flexibility index (Phi) is 6.47. The molecule has 5 rings (SSSR count). The highest BCUT2D eigenvalue weighted by molar-refractivity contribution is 5.90. The number of benzene rings is 1. The summed E-state index contributed by atoms with van der Waals surface area (Å²) in [6, 6.07) is 14.0. The summed E-state index contributed by atoms with van der Waals surface area (Å²) >= 11 is 0. The van der Waals surface area contributed by atoms with Gasteiger partial charge in [0.05, 0.1) is 11.9 Å². The maximum atomic E-state index is 12.3. The average molecular weight is 496 g/mol. The van der Waals surface area contributed by atoms with Crippen LogP contribution in [0.2, 0.25) is 0 Å². The van der Waals surface area contributed by atoms with E-state index < -0.39 is 18.8 Å². The van der Waals surface area contributed by atoms with Gasteiger partial charge in [0, 0.05) is 55.4 Å². The van der Waals surface area contributed by atoms with Crippen LogP contribution in [0.3, 0.4) is 0 Å². The van der Waals surface area contributed by atoms with Gasteiger partial charge in [-0.15, -0.1) is 0 Å². The molecule has 3 N–H and O–H groups in total. The number of halogens is 3. The molecule has 1 aliphatic rings. The van der Waals surface area contributed by atoms with E-state index in [2.05, 4.69) is 31.6 Å². The number of carbonyl (C=O) groups excluding carboxylic acids is 1. The smallest absolute Gasteiger partial charge is 0.354 e. The first-order valence-electron chi connectivity index (χ1n) is 11.5. The SMILES string of the molecule is O=C(NCC(F)(F)F)Nc1cccc(-c2cnc3cc(-c4ccc(N5CCNCC5)nc4)ccn23)c1. The number of fused-ring (bicyclic) bond motifs is 1. The number of amides is 2. The first kappa shape index (κ1) is 23.6. The minimum atomic E-state index is -4.47. The lowest BCUT2D eigenvalue weighted by atomic mass is 10.1. The van der Waals surface area contributed by atoms with Crippen molar-refractivity contribution in [3.8, 4) is 22.4 Å². The van der Waals surface area contributed by atoms with Gasteiger partial charge >= 0.3 is 12.2 Å². The van der Waals surface area contributed by atoms with Gasteiger partial charge in [0.1, 0.15) is 18.0 Å². The molecule has 1 aromatic carbocycles. The molecule has 2 amide bonds. The summed E-state index contributed by atoms with van der Waals surface area (Å²) in [4.78, 5) is 23.2. The third-order valence-corrected chi connectivity index (χ3v) is 5.90. The number of nitrogens with one attached hydrogen (secondary N) is 3. The Morgan fingerprint density at radius 2 is 1.81 bits per heavy atom. The molecular weight excluding hydrogens is 471 g/mol. The molecule has 0 atom stereocenters. The van der Waals surface area contributed by atoms with Gasteiger partial charge in [-0.3, -0.25) is 4.40 Å². The zero-order valence-corrected chi connectivity index (χ0v) is 19.2. The van der Waals surface area contributed by atoms with E-state index in [4.69, 9.17) is 0 Å². The first-order valence-corrected chi connectivity index (χ1v) is 11.5. The topological polar surface area (TPSA) is 86.6 Å². The number of hydrogen-bond acceptors (Lipinski definition) is 5. The Hall–Kier alpha value is -4.12. The molecule has 1 saturated heterocycles. The van der Waals surface area contributed by atoms with Crippen molar-refractivity contribution < 1.29 is 18.0 Å². The molecule has 8 nitrogen and oxygen atoms in total. The summed E-state index contributed by atoms with van der Waals surface area (Å²) in [5.41, 5.74) is 4.60. The van der Waals surface area contributed by atoms with E-state index in [1.807, 2.05) is 41.1 Å². The second kappa shape index (κ2) is 9.86. The van der Waals surface area contributed by atoms with Gasteiger partial charge in [-0.1, -0.05) is 12.1 Å². The zero-order valence-electron chi connectivity index (χ0n) is 19.2. The van der Waals surface area contributed by atoms with E-state index in [-0.39, 0.29) is 0 Å². The Balaban J connectivity index is 1.33. The lowest BCUT2D eigenvalue weighted by Gasteiger charge is -2.28. The van der Waals surface area contributed by atoms with Crippen LogP contribution in [0, 0.1) is 0 Å². The van der Waals surface area contributed by atoms with Crippen molar-refractivity contribution in [1.29, 1.82) is 0 Å². The summed E-state index contributed by atoms with van der Waals surface area (Å²) in [5.74, 6) is 0.963. The van der Waals surface area contributed by atoms with Gasteiger partial charge in [-0.05, 0) is 42.0 Å². The fourth-order valence-corrected chi connectivity index (χ4v) is 4.12. The van der Waals surface area contributed by atoms with Crippen LogP contribution in [-0.2, 0) is 0 Å². The van der Waals surface area contributed by atoms with Crippen LogP contribution >= 0.6 is 0 Å². The van der Waals surface area contributed by atoms with Gasteiger partial charge in [0.15, 0.2) is 0 Å². The third-order valence-electron chi connectivity index (χ3n) is 5.90. The largest absolute Gasteiger partial charge is 0.405 e. The number of nitrogens with zero attached hydrogens (tertiary/aromatic N) is 4. The average Bonchev–Trinajstić information content (AvgIpc) is 3.31. The van der Waals surface area contributed by atoms with Crippen LogP contribution in [0.1, 0.15) is 0 Å². The first-order chi connectivity index (χ1) is 17.4. The van der Waals surface area contributed by atoms with E-state index in [0.29, 0.717) is 5.69 Å².